The molecule has 13 heteroatoms. The van der Waals surface area contributed by atoms with Gasteiger partial charge in [-0.25, -0.2) is 9.79 Å². The number of imide groups is 1. The minimum absolute atomic E-state index is 0.281. The maximum Gasteiger partial charge on any atom is 0.673 e. The highest BCUT2D eigenvalue weighted by molar-refractivity contribution is 6.50. The molecule has 6 rings (SSSR count). The normalized spacial score (nSPS) is 13.0. The van der Waals surface area contributed by atoms with Crippen LogP contribution in [0.15, 0.2) is 108 Å². The Kier molecular flexibility index (Phi) is 8.63. The molecule has 44 heavy (non-hydrogen) atoms. The van der Waals surface area contributed by atoms with E-state index in [1.54, 1.807) is 54.6 Å². The van der Waals surface area contributed by atoms with E-state index in [1.165, 1.54) is 0 Å². The molecule has 0 saturated carbocycles. The summed E-state index contributed by atoms with van der Waals surface area (Å²) in [6, 6.07) is 30.3. The second-order valence-electron chi connectivity index (χ2n) is 9.39. The number of hydrogen-bond acceptors (Lipinski definition) is 5. The summed E-state index contributed by atoms with van der Waals surface area (Å²) in [5.41, 5.74) is 2.90. The lowest BCUT2D eigenvalue weighted by Crippen LogP contribution is -2.70. The molecule has 0 aliphatic carbocycles. The Morgan fingerprint density at radius 1 is 0.818 bits per heavy atom. The molecular weight excluding hydrogens is 603 g/mol. The van der Waals surface area contributed by atoms with Gasteiger partial charge in [0.25, 0.3) is 11.8 Å². The fourth-order valence-corrected chi connectivity index (χ4v) is 4.62. The van der Waals surface area contributed by atoms with Crippen LogP contribution in [0, 0.1) is 0 Å². The van der Waals surface area contributed by atoms with Gasteiger partial charge in [0.15, 0.2) is 0 Å². The highest BCUT2D eigenvalue weighted by Gasteiger charge is 2.36. The summed E-state index contributed by atoms with van der Waals surface area (Å²) in [5, 5.41) is 2.17. The van der Waals surface area contributed by atoms with E-state index >= 15 is 0 Å². The fraction of sp³-hybridized carbons (Fsp3) is 0.0323. The van der Waals surface area contributed by atoms with E-state index < -0.39 is 31.6 Å². The largest absolute Gasteiger partial charge is 0.673 e. The first-order valence-corrected chi connectivity index (χ1v) is 13.4. The molecule has 0 fully saturated rings. The van der Waals surface area contributed by atoms with Gasteiger partial charge in [-0.2, -0.15) is 0 Å². The zero-order chi connectivity index (χ0) is 31.4. The molecule has 1 aliphatic heterocycles. The predicted octanol–water partition coefficient (Wildman–Crippen LogP) is 5.57. The zero-order valence-corrected chi connectivity index (χ0v) is 23.2. The van der Waals surface area contributed by atoms with Gasteiger partial charge in [0.1, 0.15) is 23.6 Å². The summed E-state index contributed by atoms with van der Waals surface area (Å²) in [7, 11) is -6.00. The molecule has 1 aromatic heterocycles. The van der Waals surface area contributed by atoms with E-state index in [9.17, 15) is 31.6 Å². The number of halogens is 5. The van der Waals surface area contributed by atoms with Crippen molar-refractivity contribution in [3.8, 4) is 17.1 Å². The van der Waals surface area contributed by atoms with Crippen LogP contribution in [0.5, 0.6) is 5.75 Å². The van der Waals surface area contributed by atoms with Crippen LogP contribution in [0.1, 0.15) is 20.7 Å². The van der Waals surface area contributed by atoms with Gasteiger partial charge < -0.3 is 26.4 Å². The van der Waals surface area contributed by atoms with Gasteiger partial charge in [-0.05, 0) is 42.5 Å². The third-order valence-corrected chi connectivity index (χ3v) is 6.55. The van der Waals surface area contributed by atoms with Crippen molar-refractivity contribution in [1.82, 2.24) is 4.90 Å². The lowest BCUT2D eigenvalue weighted by Gasteiger charge is -2.12. The van der Waals surface area contributed by atoms with Crippen molar-refractivity contribution in [1.29, 1.82) is 0 Å². The van der Waals surface area contributed by atoms with E-state index in [0.717, 1.165) is 26.9 Å². The first kappa shape index (κ1) is 30.2. The lowest BCUT2D eigenvalue weighted by molar-refractivity contribution is -0.400. The van der Waals surface area contributed by atoms with E-state index in [1.807, 2.05) is 48.5 Å². The first-order valence-electron chi connectivity index (χ1n) is 13.0. The minimum Gasteiger partial charge on any atom is -0.456 e. The Labute approximate surface area is 252 Å². The molecular formula is C31H20BClF4N2O5. The van der Waals surface area contributed by atoms with Crippen molar-refractivity contribution in [2.45, 2.75) is 0 Å². The highest BCUT2D eigenvalue weighted by atomic mass is 35.5. The molecule has 1 N–H and O–H groups in total. The average molecular weight is 623 g/mol. The van der Waals surface area contributed by atoms with E-state index in [-0.39, 0.29) is 16.9 Å². The molecule has 2 heterocycles. The van der Waals surface area contributed by atoms with Crippen LogP contribution in [0.25, 0.3) is 22.3 Å². The quantitative estimate of drug-likeness (QED) is 0.0911. The van der Waals surface area contributed by atoms with Crippen LogP contribution in [-0.4, -0.2) is 36.5 Å². The number of amides is 2. The molecule has 0 atom stereocenters. The number of carbonyl (C=O) groups excluding carboxylic acids is 3. The van der Waals surface area contributed by atoms with Crippen molar-refractivity contribution in [2.24, 2.45) is 0 Å². The van der Waals surface area contributed by atoms with Crippen LogP contribution in [0.3, 0.4) is 0 Å². The van der Waals surface area contributed by atoms with Crippen molar-refractivity contribution in [3.63, 3.8) is 0 Å². The number of nitrogens with zero attached hydrogens (tertiary/aromatic N) is 1. The standard InChI is InChI=1S/C31H19ClN2O5.BF4/c32-20-10-15-27-25(16-20)26(17-28(39-27)19-6-2-1-3-7-19)33-21-11-13-22(14-12-21)38-29(35)18-34-30(36)23-8-4-5-9-24(23)31(34)37;2-1(3,4)5/h1-17H,18H2;/q;-1/p+1. The van der Waals surface area contributed by atoms with Crippen molar-refractivity contribution < 1.29 is 45.8 Å². The van der Waals surface area contributed by atoms with Crippen molar-refractivity contribution in [3.05, 3.63) is 125 Å². The summed E-state index contributed by atoms with van der Waals surface area (Å²) < 4.78 is 50.5. The molecule has 2 amide bonds. The number of fused-ring (bicyclic) bond motifs is 2. The van der Waals surface area contributed by atoms with Gasteiger partial charge in [-0.3, -0.25) is 14.5 Å². The van der Waals surface area contributed by atoms with Crippen molar-refractivity contribution >= 4 is 53.3 Å². The predicted molar refractivity (Wildman–Crippen MR) is 154 cm³/mol. The van der Waals surface area contributed by atoms with Gasteiger partial charge in [-0.1, -0.05) is 54.1 Å². The second-order valence-corrected chi connectivity index (χ2v) is 9.83. The Morgan fingerprint density at radius 2 is 1.41 bits per heavy atom. The van der Waals surface area contributed by atoms with Gasteiger partial charge in [0.05, 0.1) is 22.6 Å². The van der Waals surface area contributed by atoms with Crippen LogP contribution in [0.4, 0.5) is 23.0 Å². The maximum absolute atomic E-state index is 12.5. The molecule has 1 aliphatic rings. The molecule has 222 valence electrons. The third kappa shape index (κ3) is 7.21. The first-order chi connectivity index (χ1) is 21.0. The van der Waals surface area contributed by atoms with Crippen LogP contribution >= 0.6 is 11.6 Å². The summed E-state index contributed by atoms with van der Waals surface area (Å²) in [4.78, 5) is 41.8. The number of hydrogen-bond donors (Lipinski definition) is 1. The molecule has 4 aromatic carbocycles. The molecule has 0 radical (unpaired) electrons. The molecule has 0 unspecified atom stereocenters. The van der Waals surface area contributed by atoms with Crippen LogP contribution in [-0.2, 0) is 4.79 Å². The summed E-state index contributed by atoms with van der Waals surface area (Å²) >= 11 is 6.26. The maximum atomic E-state index is 12.5. The lowest BCUT2D eigenvalue weighted by atomic mass is 10.1. The second kappa shape index (κ2) is 12.6. The topological polar surface area (TPSA) is 90.8 Å². The van der Waals surface area contributed by atoms with E-state index in [0.29, 0.717) is 16.4 Å². The fourth-order valence-electron chi connectivity index (χ4n) is 4.44. The van der Waals surface area contributed by atoms with Gasteiger partial charge in [-0.15, -0.1) is 0 Å². The Balaban J connectivity index is 0.000000712. The summed E-state index contributed by atoms with van der Waals surface area (Å²) in [6.07, 6.45) is 0. The molecule has 0 spiro atoms. The summed E-state index contributed by atoms with van der Waals surface area (Å²) in [6.45, 7) is -0.477. The number of ether oxygens (including phenoxy) is 1. The Morgan fingerprint density at radius 3 is 2.02 bits per heavy atom. The monoisotopic (exact) mass is 622 g/mol. The number of esters is 1. The number of carbonyl (C=O) groups is 3. The van der Waals surface area contributed by atoms with Gasteiger partial charge in [0.2, 0.25) is 11.0 Å². The summed E-state index contributed by atoms with van der Waals surface area (Å²) in [5.74, 6) is -0.773. The number of nitrogens with one attached hydrogen (secondary N) is 1. The van der Waals surface area contributed by atoms with E-state index in [4.69, 9.17) is 20.8 Å². The molecule has 5 aromatic rings. The number of benzene rings is 4. The SMILES string of the molecule is F[B-](F)(F)F.O=C(CN1C(=O)c2ccccc2C1=O)Oc1ccc([NH+]=c2cc(-c3ccccc3)oc3ccc(Cl)cc23)cc1. The minimum atomic E-state index is -6.00. The average Bonchev–Trinajstić information content (AvgIpc) is 3.22. The smallest absolute Gasteiger partial charge is 0.456 e. The van der Waals surface area contributed by atoms with Gasteiger partial charge in [0, 0.05) is 22.7 Å². The third-order valence-electron chi connectivity index (χ3n) is 6.32. The Bertz CT molecular complexity index is 1910. The van der Waals surface area contributed by atoms with Crippen LogP contribution < -0.4 is 15.1 Å². The van der Waals surface area contributed by atoms with Gasteiger partial charge >= 0.3 is 13.2 Å². The molecule has 7 nitrogen and oxygen atoms in total. The molecule has 0 saturated heterocycles. The van der Waals surface area contributed by atoms with Crippen molar-refractivity contribution in [2.75, 3.05) is 6.54 Å². The van der Waals surface area contributed by atoms with Crippen LogP contribution in [0.2, 0.25) is 5.02 Å². The number of rotatable bonds is 5. The Hall–Kier alpha value is -5.23. The zero-order valence-electron chi connectivity index (χ0n) is 22.5. The highest BCUT2D eigenvalue weighted by Crippen LogP contribution is 2.24. The van der Waals surface area contributed by atoms with E-state index in [2.05, 4.69) is 4.99 Å². The molecule has 0 bridgehead atoms.